The van der Waals surface area contributed by atoms with Crippen LogP contribution in [0.5, 0.6) is 0 Å². The van der Waals surface area contributed by atoms with E-state index in [1.54, 1.807) is 18.2 Å². The number of carbonyl (C=O) groups excluding carboxylic acids is 2. The molecule has 6 heteroatoms. The number of esters is 1. The molecule has 1 unspecified atom stereocenters. The van der Waals surface area contributed by atoms with Crippen LogP contribution in [0, 0.1) is 6.92 Å². The summed E-state index contributed by atoms with van der Waals surface area (Å²) in [7, 11) is 1.38. The Morgan fingerprint density at radius 1 is 1.31 bits per heavy atom. The van der Waals surface area contributed by atoms with E-state index in [1.165, 1.54) is 7.11 Å². The van der Waals surface area contributed by atoms with E-state index < -0.39 is 0 Å². The van der Waals surface area contributed by atoms with E-state index in [4.69, 9.17) is 4.74 Å². The van der Waals surface area contributed by atoms with Crippen molar-refractivity contribution < 1.29 is 14.3 Å². The number of ketones is 1. The molecule has 4 rings (SSSR count). The Kier molecular flexibility index (Phi) is 5.01. The summed E-state index contributed by atoms with van der Waals surface area (Å²) in [6, 6.07) is 7.40. The molecule has 6 nitrogen and oxygen atoms in total. The van der Waals surface area contributed by atoms with Crippen LogP contribution in [0.15, 0.2) is 37.0 Å². The van der Waals surface area contributed by atoms with Gasteiger partial charge in [0.2, 0.25) is 5.78 Å². The average molecular weight is 389 g/mol. The first kappa shape index (κ1) is 19.1. The number of methoxy groups -OCH3 is 1. The summed E-state index contributed by atoms with van der Waals surface area (Å²) in [4.78, 5) is 33.7. The van der Waals surface area contributed by atoms with Crippen molar-refractivity contribution >= 4 is 23.6 Å². The van der Waals surface area contributed by atoms with Crippen molar-refractivity contribution in [3.8, 4) is 0 Å². The Bertz CT molecular complexity index is 1130. The maximum Gasteiger partial charge on any atom is 0.337 e. The van der Waals surface area contributed by atoms with Crippen molar-refractivity contribution in [3.63, 3.8) is 0 Å². The highest BCUT2D eigenvalue weighted by Gasteiger charge is 2.25. The van der Waals surface area contributed by atoms with Gasteiger partial charge in [-0.2, -0.15) is 0 Å². The van der Waals surface area contributed by atoms with E-state index >= 15 is 0 Å². The lowest BCUT2D eigenvalue weighted by molar-refractivity contribution is 0.0600. The highest BCUT2D eigenvalue weighted by atomic mass is 16.5. The number of benzene rings is 1. The lowest BCUT2D eigenvalue weighted by Gasteiger charge is -2.25. The van der Waals surface area contributed by atoms with Crippen LogP contribution >= 0.6 is 0 Å². The quantitative estimate of drug-likeness (QED) is 0.484. The molecule has 1 aliphatic carbocycles. The first-order valence-electron chi connectivity index (χ1n) is 9.73. The predicted octanol–water partition coefficient (Wildman–Crippen LogP) is 4.16. The summed E-state index contributed by atoms with van der Waals surface area (Å²) >= 11 is 0. The minimum absolute atomic E-state index is 0.00820. The zero-order valence-electron chi connectivity index (χ0n) is 16.6. The number of hydrogen-bond acceptors (Lipinski definition) is 5. The number of hydrogen-bond donors (Lipinski definition) is 0. The van der Waals surface area contributed by atoms with Gasteiger partial charge in [-0.25, -0.2) is 14.8 Å². The minimum atomic E-state index is -0.338. The summed E-state index contributed by atoms with van der Waals surface area (Å²) in [5.41, 5.74) is 4.86. The molecule has 3 aromatic rings. The van der Waals surface area contributed by atoms with Crippen molar-refractivity contribution in [1.82, 2.24) is 14.4 Å². The second kappa shape index (κ2) is 7.62. The fourth-order valence-electron chi connectivity index (χ4n) is 4.10. The van der Waals surface area contributed by atoms with Gasteiger partial charge in [0.15, 0.2) is 5.78 Å². The largest absolute Gasteiger partial charge is 0.465 e. The first-order chi connectivity index (χ1) is 14.0. The first-order valence-corrected chi connectivity index (χ1v) is 9.73. The maximum atomic E-state index is 13.1. The van der Waals surface area contributed by atoms with Crippen LogP contribution in [0.4, 0.5) is 0 Å². The van der Waals surface area contributed by atoms with Crippen molar-refractivity contribution in [1.29, 1.82) is 0 Å². The Morgan fingerprint density at radius 2 is 2.14 bits per heavy atom. The van der Waals surface area contributed by atoms with Gasteiger partial charge in [-0.3, -0.25) is 9.20 Å². The molecule has 148 valence electrons. The molecule has 0 saturated carbocycles. The molecule has 0 radical (unpaired) electrons. The summed E-state index contributed by atoms with van der Waals surface area (Å²) < 4.78 is 6.65. The van der Waals surface area contributed by atoms with Gasteiger partial charge in [0, 0.05) is 12.6 Å². The molecule has 0 saturated heterocycles. The maximum absolute atomic E-state index is 13.1. The second-order valence-electron chi connectivity index (χ2n) is 7.44. The molecule has 1 aliphatic rings. The molecule has 0 fully saturated rings. The molecule has 2 aromatic heterocycles. The van der Waals surface area contributed by atoms with Crippen LogP contribution in [-0.4, -0.2) is 33.2 Å². The number of Topliss-reactive ketones (excluding diaryl/α,β-unsaturated/α-hetero) is 1. The Hall–Kier alpha value is -3.28. The second-order valence-corrected chi connectivity index (χ2v) is 7.44. The van der Waals surface area contributed by atoms with Gasteiger partial charge in [-0.15, -0.1) is 0 Å². The van der Waals surface area contributed by atoms with Crippen molar-refractivity contribution in [2.75, 3.05) is 7.11 Å². The van der Waals surface area contributed by atoms with E-state index in [2.05, 4.69) is 16.5 Å². The minimum Gasteiger partial charge on any atom is -0.465 e. The van der Waals surface area contributed by atoms with Gasteiger partial charge in [0.1, 0.15) is 5.69 Å². The number of fused-ring (bicyclic) bond motifs is 2. The zero-order valence-corrected chi connectivity index (χ0v) is 16.6. The van der Waals surface area contributed by atoms with E-state index in [1.807, 2.05) is 29.7 Å². The van der Waals surface area contributed by atoms with Crippen LogP contribution in [0.1, 0.15) is 68.5 Å². The molecule has 0 amide bonds. The van der Waals surface area contributed by atoms with Gasteiger partial charge in [0.05, 0.1) is 24.1 Å². The van der Waals surface area contributed by atoms with Crippen LogP contribution in [-0.2, 0) is 11.2 Å². The smallest absolute Gasteiger partial charge is 0.337 e. The van der Waals surface area contributed by atoms with Gasteiger partial charge in [-0.05, 0) is 67.5 Å². The Labute approximate surface area is 169 Å². The molecule has 0 spiro atoms. The molecule has 29 heavy (non-hydrogen) atoms. The molecular weight excluding hydrogens is 366 g/mol. The number of ether oxygens (including phenoxy) is 1. The number of rotatable bonds is 5. The van der Waals surface area contributed by atoms with Crippen molar-refractivity contribution in [3.05, 3.63) is 70.8 Å². The highest BCUT2D eigenvalue weighted by molar-refractivity contribution is 5.95. The molecule has 1 atom stereocenters. The Morgan fingerprint density at radius 3 is 2.90 bits per heavy atom. The third-order valence-corrected chi connectivity index (χ3v) is 5.52. The van der Waals surface area contributed by atoms with Crippen molar-refractivity contribution in [2.45, 2.75) is 38.5 Å². The van der Waals surface area contributed by atoms with Gasteiger partial charge in [-0.1, -0.05) is 12.6 Å². The Balaban J connectivity index is 1.62. The van der Waals surface area contributed by atoms with E-state index in [0.29, 0.717) is 23.5 Å². The molecule has 1 aromatic carbocycles. The van der Waals surface area contributed by atoms with Gasteiger partial charge >= 0.3 is 5.97 Å². The SMILES string of the molecule is C=Cc1cc(C(=O)CC2CCCc3cc(C(=O)OC)ccc32)nc2nc(C)cn12. The van der Waals surface area contributed by atoms with Crippen molar-refractivity contribution in [2.24, 2.45) is 0 Å². The number of nitrogens with zero attached hydrogens (tertiary/aromatic N) is 3. The highest BCUT2D eigenvalue weighted by Crippen LogP contribution is 2.35. The zero-order chi connectivity index (χ0) is 20.5. The van der Waals surface area contributed by atoms with E-state index in [-0.39, 0.29) is 17.7 Å². The number of imidazole rings is 1. The summed E-state index contributed by atoms with van der Waals surface area (Å²) in [6.45, 7) is 5.73. The van der Waals surface area contributed by atoms with Gasteiger partial charge < -0.3 is 4.74 Å². The fraction of sp³-hybridized carbons (Fsp3) is 0.304. The standard InChI is InChI=1S/C23H23N3O3/c1-4-18-12-20(25-23-24-14(2)13-26(18)23)21(27)11-16-7-5-6-15-10-17(22(28)29-3)8-9-19(15)16/h4,8-10,12-13,16H,1,5-7,11H2,2-3H3. The number of carbonyl (C=O) groups is 2. The lowest BCUT2D eigenvalue weighted by atomic mass is 9.79. The molecule has 0 bridgehead atoms. The lowest BCUT2D eigenvalue weighted by Crippen LogP contribution is -2.16. The fourth-order valence-corrected chi connectivity index (χ4v) is 4.10. The number of aryl methyl sites for hydroxylation is 2. The third-order valence-electron chi connectivity index (χ3n) is 5.52. The van der Waals surface area contributed by atoms with Gasteiger partial charge in [0.25, 0.3) is 0 Å². The molecule has 0 N–H and O–H groups in total. The monoisotopic (exact) mass is 389 g/mol. The topological polar surface area (TPSA) is 73.6 Å². The summed E-state index contributed by atoms with van der Waals surface area (Å²) in [6.07, 6.45) is 6.79. The van der Waals surface area contributed by atoms with Crippen LogP contribution < -0.4 is 0 Å². The van der Waals surface area contributed by atoms with Crippen LogP contribution in [0.2, 0.25) is 0 Å². The van der Waals surface area contributed by atoms with Crippen LogP contribution in [0.3, 0.4) is 0 Å². The summed E-state index contributed by atoms with van der Waals surface area (Å²) in [5.74, 6) is 0.279. The predicted molar refractivity (Wildman–Crippen MR) is 110 cm³/mol. The molecular formula is C23H23N3O3. The molecule has 0 aliphatic heterocycles. The normalized spacial score (nSPS) is 15.7. The number of aromatic nitrogens is 3. The van der Waals surface area contributed by atoms with Crippen LogP contribution in [0.25, 0.3) is 11.9 Å². The van der Waals surface area contributed by atoms with E-state index in [9.17, 15) is 9.59 Å². The average Bonchev–Trinajstić information content (AvgIpc) is 3.12. The van der Waals surface area contributed by atoms with E-state index in [0.717, 1.165) is 41.8 Å². The molecule has 2 heterocycles. The summed E-state index contributed by atoms with van der Waals surface area (Å²) in [5, 5.41) is 0. The third kappa shape index (κ3) is 3.58.